The molecule has 1 heterocycles. The van der Waals surface area contributed by atoms with Gasteiger partial charge in [0.05, 0.1) is 0 Å². The maximum Gasteiger partial charge on any atom is 0.246 e. The molecule has 2 N–H and O–H groups in total. The SMILES string of the molecule is CCc1ccc2c(c1)C(NCC1CCC1)C(=O)N2. The summed E-state index contributed by atoms with van der Waals surface area (Å²) in [5, 5.41) is 6.39. The monoisotopic (exact) mass is 244 g/mol. The summed E-state index contributed by atoms with van der Waals surface area (Å²) in [6.07, 6.45) is 4.98. The highest BCUT2D eigenvalue weighted by Gasteiger charge is 2.31. The minimum atomic E-state index is -0.146. The van der Waals surface area contributed by atoms with Gasteiger partial charge in [-0.05, 0) is 43.4 Å². The van der Waals surface area contributed by atoms with Gasteiger partial charge in [-0.15, -0.1) is 0 Å². The number of rotatable bonds is 4. The molecule has 1 aromatic rings. The van der Waals surface area contributed by atoms with Crippen LogP contribution in [0.1, 0.15) is 43.4 Å². The molecule has 0 saturated heterocycles. The summed E-state index contributed by atoms with van der Waals surface area (Å²) in [5.74, 6) is 0.869. The van der Waals surface area contributed by atoms with Crippen molar-refractivity contribution < 1.29 is 4.79 Å². The van der Waals surface area contributed by atoms with Crippen molar-refractivity contribution in [3.63, 3.8) is 0 Å². The van der Waals surface area contributed by atoms with Crippen molar-refractivity contribution in [2.45, 2.75) is 38.6 Å². The van der Waals surface area contributed by atoms with Crippen LogP contribution in [0, 0.1) is 5.92 Å². The van der Waals surface area contributed by atoms with E-state index in [2.05, 4.69) is 29.7 Å². The van der Waals surface area contributed by atoms with Crippen molar-refractivity contribution in [3.8, 4) is 0 Å². The summed E-state index contributed by atoms with van der Waals surface area (Å²) in [7, 11) is 0. The average molecular weight is 244 g/mol. The molecule has 96 valence electrons. The summed E-state index contributed by atoms with van der Waals surface area (Å²) in [5.41, 5.74) is 3.39. The lowest BCUT2D eigenvalue weighted by Gasteiger charge is -2.26. The largest absolute Gasteiger partial charge is 0.324 e. The van der Waals surface area contributed by atoms with Gasteiger partial charge in [0.1, 0.15) is 6.04 Å². The molecule has 1 atom stereocenters. The van der Waals surface area contributed by atoms with Crippen LogP contribution in [0.4, 0.5) is 5.69 Å². The van der Waals surface area contributed by atoms with Crippen molar-refractivity contribution in [1.82, 2.24) is 5.32 Å². The number of nitrogens with one attached hydrogen (secondary N) is 2. The number of benzene rings is 1. The first-order valence-corrected chi connectivity index (χ1v) is 6.95. The number of carbonyl (C=O) groups excluding carboxylic acids is 1. The summed E-state index contributed by atoms with van der Waals surface area (Å²) < 4.78 is 0. The molecule has 1 aliphatic carbocycles. The Morgan fingerprint density at radius 3 is 2.89 bits per heavy atom. The fraction of sp³-hybridized carbons (Fsp3) is 0.533. The van der Waals surface area contributed by atoms with E-state index in [1.165, 1.54) is 24.8 Å². The van der Waals surface area contributed by atoms with Crippen molar-refractivity contribution in [3.05, 3.63) is 29.3 Å². The zero-order valence-electron chi connectivity index (χ0n) is 10.8. The molecular formula is C15H20N2O. The van der Waals surface area contributed by atoms with Gasteiger partial charge in [0.2, 0.25) is 5.91 Å². The molecule has 18 heavy (non-hydrogen) atoms. The first kappa shape index (κ1) is 11.7. The quantitative estimate of drug-likeness (QED) is 0.855. The second-order valence-corrected chi connectivity index (χ2v) is 5.40. The van der Waals surface area contributed by atoms with Crippen LogP contribution in [0.2, 0.25) is 0 Å². The minimum absolute atomic E-state index is 0.0950. The zero-order valence-corrected chi connectivity index (χ0v) is 10.8. The van der Waals surface area contributed by atoms with E-state index in [-0.39, 0.29) is 11.9 Å². The molecule has 3 rings (SSSR count). The van der Waals surface area contributed by atoms with Gasteiger partial charge in [-0.2, -0.15) is 0 Å². The van der Waals surface area contributed by atoms with Gasteiger partial charge >= 0.3 is 0 Å². The molecule has 1 amide bonds. The number of fused-ring (bicyclic) bond motifs is 1. The van der Waals surface area contributed by atoms with Crippen LogP contribution >= 0.6 is 0 Å². The summed E-state index contributed by atoms with van der Waals surface area (Å²) in [6, 6.07) is 6.13. The lowest BCUT2D eigenvalue weighted by atomic mass is 9.85. The van der Waals surface area contributed by atoms with Crippen LogP contribution in [0.3, 0.4) is 0 Å². The Hall–Kier alpha value is -1.35. The van der Waals surface area contributed by atoms with Gasteiger partial charge in [-0.1, -0.05) is 25.5 Å². The summed E-state index contributed by atoms with van der Waals surface area (Å²) >= 11 is 0. The Balaban J connectivity index is 1.76. The molecule has 0 bridgehead atoms. The van der Waals surface area contributed by atoms with Gasteiger partial charge in [0.15, 0.2) is 0 Å². The lowest BCUT2D eigenvalue weighted by molar-refractivity contribution is -0.117. The highest BCUT2D eigenvalue weighted by Crippen LogP contribution is 2.33. The predicted octanol–water partition coefficient (Wildman–Crippen LogP) is 2.63. The second-order valence-electron chi connectivity index (χ2n) is 5.40. The topological polar surface area (TPSA) is 41.1 Å². The molecule has 1 unspecified atom stereocenters. The Morgan fingerprint density at radius 1 is 1.39 bits per heavy atom. The number of hydrogen-bond donors (Lipinski definition) is 2. The molecule has 0 aromatic heterocycles. The smallest absolute Gasteiger partial charge is 0.246 e. The van der Waals surface area contributed by atoms with Crippen LogP contribution < -0.4 is 10.6 Å². The van der Waals surface area contributed by atoms with E-state index in [1.54, 1.807) is 0 Å². The van der Waals surface area contributed by atoms with Crippen molar-refractivity contribution >= 4 is 11.6 Å². The van der Waals surface area contributed by atoms with E-state index in [1.807, 2.05) is 6.07 Å². The molecule has 1 saturated carbocycles. The third kappa shape index (κ3) is 2.03. The van der Waals surface area contributed by atoms with Crippen LogP contribution in [-0.4, -0.2) is 12.5 Å². The van der Waals surface area contributed by atoms with E-state index in [0.717, 1.165) is 30.1 Å². The molecule has 0 spiro atoms. The van der Waals surface area contributed by atoms with E-state index in [0.29, 0.717) is 0 Å². The zero-order chi connectivity index (χ0) is 12.5. The highest BCUT2D eigenvalue weighted by molar-refractivity contribution is 6.02. The molecule has 0 radical (unpaired) electrons. The average Bonchev–Trinajstić information content (AvgIpc) is 2.63. The Kier molecular flexibility index (Phi) is 3.08. The normalized spacial score (nSPS) is 22.5. The third-order valence-electron chi connectivity index (χ3n) is 4.19. The molecule has 1 aromatic carbocycles. The van der Waals surface area contributed by atoms with E-state index in [4.69, 9.17) is 0 Å². The van der Waals surface area contributed by atoms with Gasteiger partial charge < -0.3 is 10.6 Å². The minimum Gasteiger partial charge on any atom is -0.324 e. The van der Waals surface area contributed by atoms with Crippen LogP contribution in [0.5, 0.6) is 0 Å². The molecule has 3 nitrogen and oxygen atoms in total. The van der Waals surface area contributed by atoms with Gasteiger partial charge in [0, 0.05) is 11.3 Å². The van der Waals surface area contributed by atoms with Crippen molar-refractivity contribution in [1.29, 1.82) is 0 Å². The maximum atomic E-state index is 12.0. The first-order chi connectivity index (χ1) is 8.78. The molecular weight excluding hydrogens is 224 g/mol. The summed E-state index contributed by atoms with van der Waals surface area (Å²) in [6.45, 7) is 3.11. The van der Waals surface area contributed by atoms with E-state index >= 15 is 0 Å². The highest BCUT2D eigenvalue weighted by atomic mass is 16.2. The maximum absolute atomic E-state index is 12.0. The molecule has 1 fully saturated rings. The Morgan fingerprint density at radius 2 is 2.22 bits per heavy atom. The molecule has 3 heteroatoms. The van der Waals surface area contributed by atoms with Gasteiger partial charge in [0.25, 0.3) is 0 Å². The fourth-order valence-corrected chi connectivity index (χ4v) is 2.72. The standard InChI is InChI=1S/C15H20N2O/c1-2-10-6-7-13-12(8-10)14(15(18)17-13)16-9-11-4-3-5-11/h6-8,11,14,16H,2-5,9H2,1H3,(H,17,18). The van der Waals surface area contributed by atoms with Crippen LogP contribution in [-0.2, 0) is 11.2 Å². The van der Waals surface area contributed by atoms with Crippen LogP contribution in [0.15, 0.2) is 18.2 Å². The number of hydrogen-bond acceptors (Lipinski definition) is 2. The van der Waals surface area contributed by atoms with E-state index < -0.39 is 0 Å². The van der Waals surface area contributed by atoms with Crippen LogP contribution in [0.25, 0.3) is 0 Å². The lowest BCUT2D eigenvalue weighted by Crippen LogP contribution is -2.33. The number of anilines is 1. The number of amides is 1. The second kappa shape index (κ2) is 4.73. The Bertz CT molecular complexity index is 466. The number of aryl methyl sites for hydroxylation is 1. The van der Waals surface area contributed by atoms with Crippen molar-refractivity contribution in [2.24, 2.45) is 5.92 Å². The molecule has 2 aliphatic rings. The summed E-state index contributed by atoms with van der Waals surface area (Å²) in [4.78, 5) is 12.0. The van der Waals surface area contributed by atoms with Gasteiger partial charge in [-0.3, -0.25) is 4.79 Å². The third-order valence-corrected chi connectivity index (χ3v) is 4.19. The van der Waals surface area contributed by atoms with E-state index in [9.17, 15) is 4.79 Å². The Labute approximate surface area is 108 Å². The van der Waals surface area contributed by atoms with Gasteiger partial charge in [-0.25, -0.2) is 0 Å². The predicted molar refractivity (Wildman–Crippen MR) is 72.5 cm³/mol. The first-order valence-electron chi connectivity index (χ1n) is 6.95. The molecule has 1 aliphatic heterocycles. The fourth-order valence-electron chi connectivity index (χ4n) is 2.72. The van der Waals surface area contributed by atoms with Crippen molar-refractivity contribution in [2.75, 3.05) is 11.9 Å². The number of carbonyl (C=O) groups is 1.